The topological polar surface area (TPSA) is 67.2 Å². The van der Waals surface area contributed by atoms with Gasteiger partial charge >= 0.3 is 5.97 Å². The second-order valence-corrected chi connectivity index (χ2v) is 5.70. The molecule has 0 saturated carbocycles. The lowest BCUT2D eigenvalue weighted by Gasteiger charge is -2.01. The van der Waals surface area contributed by atoms with Crippen molar-refractivity contribution >= 4 is 17.5 Å². The number of carbonyl (C=O) groups is 2. The van der Waals surface area contributed by atoms with Gasteiger partial charge in [0.15, 0.2) is 5.78 Å². The molecule has 1 aromatic carbocycles. The molecule has 0 fully saturated rings. The highest BCUT2D eigenvalue weighted by atomic mass is 16.5. The Hall–Kier alpha value is -2.75. The van der Waals surface area contributed by atoms with E-state index in [1.807, 2.05) is 19.1 Å². The van der Waals surface area contributed by atoms with Crippen molar-refractivity contribution in [2.45, 2.75) is 26.7 Å². The summed E-state index contributed by atoms with van der Waals surface area (Å²) in [5, 5.41) is 7.85. The molecule has 1 atom stereocenters. The van der Waals surface area contributed by atoms with Crippen molar-refractivity contribution in [1.29, 1.82) is 5.41 Å². The minimum atomic E-state index is -0.428. The van der Waals surface area contributed by atoms with E-state index < -0.39 is 5.97 Å². The highest BCUT2D eigenvalue weighted by molar-refractivity contribution is 6.03. The maximum absolute atomic E-state index is 12.1. The van der Waals surface area contributed by atoms with Crippen LogP contribution in [0.15, 0.2) is 60.7 Å². The number of allylic oxidation sites excluding steroid dienone is 6. The van der Waals surface area contributed by atoms with Gasteiger partial charge in [-0.15, -0.1) is 0 Å². The fourth-order valence-electron chi connectivity index (χ4n) is 2.07. The van der Waals surface area contributed by atoms with Gasteiger partial charge in [-0.2, -0.15) is 0 Å². The first-order valence-electron chi connectivity index (χ1n) is 8.24. The number of ketones is 1. The second kappa shape index (κ2) is 10.9. The molecule has 0 amide bonds. The van der Waals surface area contributed by atoms with Crippen LogP contribution in [0, 0.1) is 11.3 Å². The summed E-state index contributed by atoms with van der Waals surface area (Å²) in [6.07, 6.45) is 12.3. The zero-order valence-electron chi connectivity index (χ0n) is 15.0. The van der Waals surface area contributed by atoms with Gasteiger partial charge in [-0.1, -0.05) is 43.4 Å². The lowest BCUT2D eigenvalue weighted by molar-refractivity contribution is 0.0600. The third kappa shape index (κ3) is 7.57. The molecule has 0 spiro atoms. The first-order valence-corrected chi connectivity index (χ1v) is 8.24. The molecule has 1 unspecified atom stereocenters. The molecule has 1 aromatic rings. The summed E-state index contributed by atoms with van der Waals surface area (Å²) in [7, 11) is 1.32. The van der Waals surface area contributed by atoms with Crippen LogP contribution in [0.3, 0.4) is 0 Å². The number of ether oxygens (including phenoxy) is 1. The molecule has 25 heavy (non-hydrogen) atoms. The predicted octanol–water partition coefficient (Wildman–Crippen LogP) is 4.78. The number of rotatable bonds is 9. The molecule has 1 N–H and O–H groups in total. The smallest absolute Gasteiger partial charge is 0.337 e. The minimum absolute atomic E-state index is 0.0640. The zero-order valence-corrected chi connectivity index (χ0v) is 15.0. The summed E-state index contributed by atoms with van der Waals surface area (Å²) in [4.78, 5) is 23.5. The minimum Gasteiger partial charge on any atom is -0.465 e. The Morgan fingerprint density at radius 1 is 1.12 bits per heavy atom. The molecule has 132 valence electrons. The van der Waals surface area contributed by atoms with E-state index in [-0.39, 0.29) is 12.2 Å². The van der Waals surface area contributed by atoms with Gasteiger partial charge in [0.25, 0.3) is 0 Å². The summed E-state index contributed by atoms with van der Waals surface area (Å²) in [6, 6.07) is 6.35. The lowest BCUT2D eigenvalue weighted by atomic mass is 10.0. The third-order valence-electron chi connectivity index (χ3n) is 3.58. The van der Waals surface area contributed by atoms with Crippen LogP contribution in [0.25, 0.3) is 0 Å². The molecule has 4 heteroatoms. The quantitative estimate of drug-likeness (QED) is 0.305. The fraction of sp³-hybridized carbons (Fsp3) is 0.286. The molecule has 4 nitrogen and oxygen atoms in total. The van der Waals surface area contributed by atoms with Gasteiger partial charge in [0.05, 0.1) is 18.4 Å². The van der Waals surface area contributed by atoms with Crippen LogP contribution in [0.2, 0.25) is 0 Å². The number of nitrogens with one attached hydrogen (secondary N) is 1. The van der Waals surface area contributed by atoms with Gasteiger partial charge in [-0.3, -0.25) is 4.79 Å². The fourth-order valence-corrected chi connectivity index (χ4v) is 2.07. The van der Waals surface area contributed by atoms with Crippen molar-refractivity contribution in [2.24, 2.45) is 5.92 Å². The number of carbonyl (C=O) groups excluding carboxylic acids is 2. The Kier molecular flexibility index (Phi) is 8.86. The monoisotopic (exact) mass is 339 g/mol. The molecular formula is C21H25NO3. The first kappa shape index (κ1) is 20.3. The van der Waals surface area contributed by atoms with E-state index in [0.29, 0.717) is 22.8 Å². The normalized spacial score (nSPS) is 12.8. The predicted molar refractivity (Wildman–Crippen MR) is 101 cm³/mol. The van der Waals surface area contributed by atoms with Gasteiger partial charge in [0, 0.05) is 12.0 Å². The maximum Gasteiger partial charge on any atom is 0.337 e. The molecule has 0 heterocycles. The molecular weight excluding hydrogens is 314 g/mol. The molecule has 0 aromatic heterocycles. The number of methoxy groups -OCH3 is 1. The molecule has 0 bridgehead atoms. The van der Waals surface area contributed by atoms with E-state index in [9.17, 15) is 9.59 Å². The SMILES string of the molecule is C/C=C\CC(C)/C=C/C(=N)/C=C\CC(=O)c1ccc(C(=O)OC)cc1. The largest absolute Gasteiger partial charge is 0.465 e. The average molecular weight is 339 g/mol. The Morgan fingerprint density at radius 3 is 2.36 bits per heavy atom. The highest BCUT2D eigenvalue weighted by Gasteiger charge is 2.07. The summed E-state index contributed by atoms with van der Waals surface area (Å²) in [5.74, 6) is -0.117. The van der Waals surface area contributed by atoms with Crippen LogP contribution < -0.4 is 0 Å². The van der Waals surface area contributed by atoms with Crippen LogP contribution in [0.4, 0.5) is 0 Å². The molecule has 0 aliphatic carbocycles. The van der Waals surface area contributed by atoms with E-state index in [0.717, 1.165) is 6.42 Å². The number of hydrogen-bond acceptors (Lipinski definition) is 4. The summed E-state index contributed by atoms with van der Waals surface area (Å²) in [6.45, 7) is 4.08. The van der Waals surface area contributed by atoms with Crippen molar-refractivity contribution in [3.63, 3.8) is 0 Å². The van der Waals surface area contributed by atoms with Crippen molar-refractivity contribution in [1.82, 2.24) is 0 Å². The van der Waals surface area contributed by atoms with Crippen LogP contribution in [-0.2, 0) is 4.74 Å². The number of esters is 1. The van der Waals surface area contributed by atoms with E-state index in [1.54, 1.807) is 42.5 Å². The van der Waals surface area contributed by atoms with Crippen LogP contribution >= 0.6 is 0 Å². The second-order valence-electron chi connectivity index (χ2n) is 5.70. The molecule has 0 radical (unpaired) electrons. The summed E-state index contributed by atoms with van der Waals surface area (Å²) >= 11 is 0. The van der Waals surface area contributed by atoms with Crippen LogP contribution in [-0.4, -0.2) is 24.6 Å². The van der Waals surface area contributed by atoms with E-state index >= 15 is 0 Å². The molecule has 0 saturated heterocycles. The molecule has 0 aliphatic heterocycles. The lowest BCUT2D eigenvalue weighted by Crippen LogP contribution is -2.03. The van der Waals surface area contributed by atoms with Crippen molar-refractivity contribution in [3.8, 4) is 0 Å². The summed E-state index contributed by atoms with van der Waals surface area (Å²) < 4.78 is 4.62. The Morgan fingerprint density at radius 2 is 1.76 bits per heavy atom. The van der Waals surface area contributed by atoms with E-state index in [2.05, 4.69) is 17.7 Å². The van der Waals surface area contributed by atoms with Crippen LogP contribution in [0.1, 0.15) is 47.4 Å². The Bertz CT molecular complexity index is 682. The van der Waals surface area contributed by atoms with Gasteiger partial charge < -0.3 is 10.1 Å². The Balaban J connectivity index is 2.52. The van der Waals surface area contributed by atoms with Crippen molar-refractivity contribution < 1.29 is 14.3 Å². The van der Waals surface area contributed by atoms with Gasteiger partial charge in [-0.25, -0.2) is 4.79 Å². The molecule has 1 rings (SSSR count). The standard InChI is InChI=1S/C21H25NO3/c1-4-5-7-16(2)10-15-19(22)8-6-9-20(23)17-11-13-18(14-12-17)21(24)25-3/h4-6,8,10-16,22H,7,9H2,1-3H3/b5-4-,8-6-,15-10+,22-19?. The highest BCUT2D eigenvalue weighted by Crippen LogP contribution is 2.09. The van der Waals surface area contributed by atoms with Gasteiger partial charge in [0.1, 0.15) is 0 Å². The maximum atomic E-state index is 12.1. The number of benzene rings is 1. The van der Waals surface area contributed by atoms with Gasteiger partial charge in [0.2, 0.25) is 0 Å². The van der Waals surface area contributed by atoms with Gasteiger partial charge in [-0.05, 0) is 43.5 Å². The number of hydrogen-bond donors (Lipinski definition) is 1. The van der Waals surface area contributed by atoms with Crippen LogP contribution in [0.5, 0.6) is 0 Å². The van der Waals surface area contributed by atoms with Crippen molar-refractivity contribution in [3.05, 3.63) is 71.8 Å². The average Bonchev–Trinajstić information content (AvgIpc) is 2.64. The molecule has 0 aliphatic rings. The van der Waals surface area contributed by atoms with Crippen molar-refractivity contribution in [2.75, 3.05) is 7.11 Å². The summed E-state index contributed by atoms with van der Waals surface area (Å²) in [5.41, 5.74) is 1.30. The Labute approximate surface area is 149 Å². The first-order chi connectivity index (χ1) is 12.0. The van der Waals surface area contributed by atoms with E-state index in [4.69, 9.17) is 5.41 Å². The third-order valence-corrected chi connectivity index (χ3v) is 3.58. The van der Waals surface area contributed by atoms with E-state index in [1.165, 1.54) is 7.11 Å². The zero-order chi connectivity index (χ0) is 18.7. The number of Topliss-reactive ketones (excluding diaryl/α,β-unsaturated/α-hetero) is 1.